The van der Waals surface area contributed by atoms with Gasteiger partial charge in [-0.1, -0.05) is 13.0 Å². The van der Waals surface area contributed by atoms with E-state index in [1.165, 1.54) is 13.2 Å². The lowest BCUT2D eigenvalue weighted by molar-refractivity contribution is -0.134. The molecule has 0 N–H and O–H groups in total. The van der Waals surface area contributed by atoms with E-state index >= 15 is 0 Å². The van der Waals surface area contributed by atoms with Crippen LogP contribution in [0.4, 0.5) is 0 Å². The first-order chi connectivity index (χ1) is 8.15. The van der Waals surface area contributed by atoms with Crippen molar-refractivity contribution in [3.05, 3.63) is 35.4 Å². The van der Waals surface area contributed by atoms with Gasteiger partial charge in [-0.2, -0.15) is 0 Å². The number of ether oxygens (including phenoxy) is 2. The summed E-state index contributed by atoms with van der Waals surface area (Å²) in [6.45, 7) is 4.76. The zero-order chi connectivity index (χ0) is 12.7. The molecule has 0 unspecified atom stereocenters. The minimum atomic E-state index is -0.359. The van der Waals surface area contributed by atoms with Gasteiger partial charge >= 0.3 is 5.97 Å². The van der Waals surface area contributed by atoms with Crippen LogP contribution in [0.1, 0.15) is 24.5 Å². The van der Waals surface area contributed by atoms with Crippen molar-refractivity contribution in [3.63, 3.8) is 0 Å². The number of carbonyl (C=O) groups excluding carboxylic acids is 1. The van der Waals surface area contributed by atoms with Crippen LogP contribution in [-0.4, -0.2) is 19.7 Å². The Bertz CT molecular complexity index is 408. The summed E-state index contributed by atoms with van der Waals surface area (Å²) in [5.41, 5.74) is 2.03. The van der Waals surface area contributed by atoms with Gasteiger partial charge in [0.2, 0.25) is 0 Å². The van der Waals surface area contributed by atoms with Crippen molar-refractivity contribution in [1.82, 2.24) is 0 Å². The summed E-state index contributed by atoms with van der Waals surface area (Å²) in [6, 6.07) is 5.87. The lowest BCUT2D eigenvalue weighted by Gasteiger charge is -2.06. The number of methoxy groups -OCH3 is 1. The van der Waals surface area contributed by atoms with E-state index in [9.17, 15) is 4.79 Å². The minimum absolute atomic E-state index is 0.359. The lowest BCUT2D eigenvalue weighted by Crippen LogP contribution is -1.96. The maximum atomic E-state index is 11.0. The molecular weight excluding hydrogens is 216 g/mol. The number of hydrogen-bond acceptors (Lipinski definition) is 3. The van der Waals surface area contributed by atoms with Crippen molar-refractivity contribution in [2.45, 2.75) is 20.3 Å². The molecule has 0 radical (unpaired) electrons. The molecule has 0 heterocycles. The maximum absolute atomic E-state index is 11.0. The third-order valence-electron chi connectivity index (χ3n) is 2.16. The van der Waals surface area contributed by atoms with Crippen LogP contribution in [0.5, 0.6) is 5.75 Å². The molecule has 0 saturated carbocycles. The van der Waals surface area contributed by atoms with E-state index in [1.807, 2.05) is 25.1 Å². The third kappa shape index (κ3) is 4.72. The topological polar surface area (TPSA) is 35.5 Å². The van der Waals surface area contributed by atoms with E-state index in [2.05, 4.69) is 11.7 Å². The monoisotopic (exact) mass is 234 g/mol. The quantitative estimate of drug-likeness (QED) is 0.580. The molecule has 1 aromatic rings. The number of hydrogen-bond donors (Lipinski definition) is 0. The molecule has 0 amide bonds. The van der Waals surface area contributed by atoms with Crippen LogP contribution >= 0.6 is 0 Å². The zero-order valence-electron chi connectivity index (χ0n) is 10.5. The van der Waals surface area contributed by atoms with Crippen LogP contribution in [0.15, 0.2) is 24.3 Å². The van der Waals surface area contributed by atoms with Gasteiger partial charge in [0.15, 0.2) is 0 Å². The SMILES string of the molecule is CCCOc1cc(C)cc(/C=C/C(=O)OC)c1. The van der Waals surface area contributed by atoms with Gasteiger partial charge in [-0.15, -0.1) is 0 Å². The Kier molecular flexibility index (Phi) is 5.27. The molecule has 3 nitrogen and oxygen atoms in total. The minimum Gasteiger partial charge on any atom is -0.494 e. The molecule has 0 aliphatic carbocycles. The molecule has 0 fully saturated rings. The van der Waals surface area contributed by atoms with Gasteiger partial charge in [0, 0.05) is 6.08 Å². The molecule has 0 aliphatic heterocycles. The van der Waals surface area contributed by atoms with E-state index in [4.69, 9.17) is 4.74 Å². The fraction of sp³-hybridized carbons (Fsp3) is 0.357. The van der Waals surface area contributed by atoms with Crippen LogP contribution in [0.25, 0.3) is 6.08 Å². The highest BCUT2D eigenvalue weighted by atomic mass is 16.5. The van der Waals surface area contributed by atoms with Crippen LogP contribution in [0.3, 0.4) is 0 Å². The first-order valence-electron chi connectivity index (χ1n) is 5.66. The van der Waals surface area contributed by atoms with E-state index in [0.29, 0.717) is 6.61 Å². The Morgan fingerprint density at radius 3 is 2.76 bits per heavy atom. The summed E-state index contributed by atoms with van der Waals surface area (Å²) < 4.78 is 10.1. The van der Waals surface area contributed by atoms with Gasteiger partial charge in [0.1, 0.15) is 5.75 Å². The highest BCUT2D eigenvalue weighted by Gasteiger charge is 1.98. The maximum Gasteiger partial charge on any atom is 0.330 e. The molecule has 92 valence electrons. The van der Waals surface area contributed by atoms with E-state index < -0.39 is 0 Å². The molecular formula is C14H18O3. The van der Waals surface area contributed by atoms with Gasteiger partial charge in [-0.05, 0) is 42.7 Å². The third-order valence-corrected chi connectivity index (χ3v) is 2.16. The average molecular weight is 234 g/mol. The Labute approximate surface area is 102 Å². The predicted molar refractivity (Wildman–Crippen MR) is 68.0 cm³/mol. The van der Waals surface area contributed by atoms with Gasteiger partial charge in [-0.3, -0.25) is 0 Å². The van der Waals surface area contributed by atoms with Crippen molar-refractivity contribution in [2.75, 3.05) is 13.7 Å². The molecule has 0 spiro atoms. The number of aryl methyl sites for hydroxylation is 1. The van der Waals surface area contributed by atoms with E-state index in [-0.39, 0.29) is 5.97 Å². The number of rotatable bonds is 5. The molecule has 1 rings (SSSR count). The Balaban J connectivity index is 2.81. The highest BCUT2D eigenvalue weighted by Crippen LogP contribution is 2.18. The largest absolute Gasteiger partial charge is 0.494 e. The molecule has 0 aliphatic rings. The van der Waals surface area contributed by atoms with Crippen molar-refractivity contribution < 1.29 is 14.3 Å². The van der Waals surface area contributed by atoms with Crippen molar-refractivity contribution in [2.24, 2.45) is 0 Å². The number of esters is 1. The fourth-order valence-corrected chi connectivity index (χ4v) is 1.41. The smallest absolute Gasteiger partial charge is 0.330 e. The summed E-state index contributed by atoms with van der Waals surface area (Å²) in [6.07, 6.45) is 4.09. The van der Waals surface area contributed by atoms with Crippen LogP contribution in [0.2, 0.25) is 0 Å². The molecule has 0 atom stereocenters. The summed E-state index contributed by atoms with van der Waals surface area (Å²) in [5, 5.41) is 0. The van der Waals surface area contributed by atoms with Crippen LogP contribution in [-0.2, 0) is 9.53 Å². The van der Waals surface area contributed by atoms with Crippen LogP contribution in [0, 0.1) is 6.92 Å². The Morgan fingerprint density at radius 2 is 2.12 bits per heavy atom. The standard InChI is InChI=1S/C14H18O3/c1-4-7-17-13-9-11(2)8-12(10-13)5-6-14(15)16-3/h5-6,8-10H,4,7H2,1-3H3/b6-5+. The molecule has 0 saturated heterocycles. The van der Waals surface area contributed by atoms with Gasteiger partial charge in [0.25, 0.3) is 0 Å². The highest BCUT2D eigenvalue weighted by molar-refractivity contribution is 5.87. The number of benzene rings is 1. The van der Waals surface area contributed by atoms with Crippen molar-refractivity contribution in [1.29, 1.82) is 0 Å². The lowest BCUT2D eigenvalue weighted by atomic mass is 10.1. The Morgan fingerprint density at radius 1 is 1.35 bits per heavy atom. The number of carbonyl (C=O) groups is 1. The summed E-state index contributed by atoms with van der Waals surface area (Å²) in [4.78, 5) is 11.0. The predicted octanol–water partition coefficient (Wildman–Crippen LogP) is 2.97. The molecule has 1 aromatic carbocycles. The van der Waals surface area contributed by atoms with Crippen LogP contribution < -0.4 is 4.74 Å². The summed E-state index contributed by atoms with van der Waals surface area (Å²) in [7, 11) is 1.36. The summed E-state index contributed by atoms with van der Waals surface area (Å²) >= 11 is 0. The van der Waals surface area contributed by atoms with E-state index in [1.54, 1.807) is 6.08 Å². The van der Waals surface area contributed by atoms with Gasteiger partial charge in [0.05, 0.1) is 13.7 Å². The normalized spacial score (nSPS) is 10.5. The van der Waals surface area contributed by atoms with Gasteiger partial charge < -0.3 is 9.47 Å². The van der Waals surface area contributed by atoms with Crippen molar-refractivity contribution >= 4 is 12.0 Å². The molecule has 3 heteroatoms. The fourth-order valence-electron chi connectivity index (χ4n) is 1.41. The molecule has 17 heavy (non-hydrogen) atoms. The van der Waals surface area contributed by atoms with Crippen molar-refractivity contribution in [3.8, 4) is 5.75 Å². The average Bonchev–Trinajstić information content (AvgIpc) is 2.32. The second-order valence-electron chi connectivity index (χ2n) is 3.78. The first kappa shape index (κ1) is 13.3. The first-order valence-corrected chi connectivity index (χ1v) is 5.66. The Hall–Kier alpha value is -1.77. The zero-order valence-corrected chi connectivity index (χ0v) is 10.5. The second kappa shape index (κ2) is 6.74. The van der Waals surface area contributed by atoms with E-state index in [0.717, 1.165) is 23.3 Å². The summed E-state index contributed by atoms with van der Waals surface area (Å²) in [5.74, 6) is 0.471. The molecule has 0 bridgehead atoms. The second-order valence-corrected chi connectivity index (χ2v) is 3.78. The molecule has 0 aromatic heterocycles. The van der Waals surface area contributed by atoms with Gasteiger partial charge in [-0.25, -0.2) is 4.79 Å².